The van der Waals surface area contributed by atoms with Crippen LogP contribution in [0.5, 0.6) is 0 Å². The van der Waals surface area contributed by atoms with E-state index in [4.69, 9.17) is 0 Å². The normalized spacial score (nSPS) is 10.8. The van der Waals surface area contributed by atoms with Gasteiger partial charge in [0.25, 0.3) is 0 Å². The predicted octanol–water partition coefficient (Wildman–Crippen LogP) is 3.16. The van der Waals surface area contributed by atoms with Gasteiger partial charge in [-0.2, -0.15) is 0 Å². The van der Waals surface area contributed by atoms with Gasteiger partial charge in [-0.1, -0.05) is 0 Å². The lowest BCUT2D eigenvalue weighted by molar-refractivity contribution is 1.14. The van der Waals surface area contributed by atoms with E-state index in [1.54, 1.807) is 6.20 Å². The van der Waals surface area contributed by atoms with Crippen molar-refractivity contribution in [3.63, 3.8) is 0 Å². The summed E-state index contributed by atoms with van der Waals surface area (Å²) < 4.78 is 3.07. The topological polar surface area (TPSA) is 30.2 Å². The number of pyridine rings is 2. The Hall–Kier alpha value is -1.68. The lowest BCUT2D eigenvalue weighted by atomic mass is 10.3. The summed E-state index contributed by atoms with van der Waals surface area (Å²) in [4.78, 5) is 8.51. The molecule has 0 radical (unpaired) electrons. The first-order chi connectivity index (χ1) is 7.84. The van der Waals surface area contributed by atoms with Gasteiger partial charge in [0.05, 0.1) is 11.7 Å². The summed E-state index contributed by atoms with van der Waals surface area (Å²) in [6.07, 6.45) is 7.43. The molecule has 0 aliphatic heterocycles. The highest BCUT2D eigenvalue weighted by molar-refractivity contribution is 9.10. The number of imidazole rings is 1. The number of hydrogen-bond acceptors (Lipinski definition) is 2. The molecule has 0 spiro atoms. The summed E-state index contributed by atoms with van der Waals surface area (Å²) in [5.41, 5.74) is 2.09. The Kier molecular flexibility index (Phi) is 2.22. The minimum absolute atomic E-state index is 0.907. The van der Waals surface area contributed by atoms with Crippen molar-refractivity contribution in [2.75, 3.05) is 0 Å². The van der Waals surface area contributed by atoms with E-state index in [1.165, 1.54) is 0 Å². The van der Waals surface area contributed by atoms with Crippen LogP contribution in [0.3, 0.4) is 0 Å². The van der Waals surface area contributed by atoms with Gasteiger partial charge in [-0.15, -0.1) is 0 Å². The Bertz CT molecular complexity index is 631. The van der Waals surface area contributed by atoms with Crippen LogP contribution < -0.4 is 0 Å². The number of fused-ring (bicyclic) bond motifs is 1. The maximum atomic E-state index is 4.41. The molecular formula is C12H8BrN3. The molecular weight excluding hydrogens is 266 g/mol. The van der Waals surface area contributed by atoms with Crippen LogP contribution in [0.25, 0.3) is 16.9 Å². The molecule has 3 rings (SSSR count). The lowest BCUT2D eigenvalue weighted by Crippen LogP contribution is -1.89. The highest BCUT2D eigenvalue weighted by atomic mass is 79.9. The van der Waals surface area contributed by atoms with Gasteiger partial charge in [0.15, 0.2) is 0 Å². The van der Waals surface area contributed by atoms with E-state index in [9.17, 15) is 0 Å². The van der Waals surface area contributed by atoms with E-state index >= 15 is 0 Å². The number of hydrogen-bond donors (Lipinski definition) is 0. The molecule has 4 heteroatoms. The molecule has 0 aliphatic carbocycles. The monoisotopic (exact) mass is 273 g/mol. The van der Waals surface area contributed by atoms with Crippen molar-refractivity contribution in [3.05, 3.63) is 53.5 Å². The summed E-state index contributed by atoms with van der Waals surface area (Å²) in [7, 11) is 0. The molecule has 0 amide bonds. The van der Waals surface area contributed by atoms with Gasteiger partial charge in [-0.3, -0.25) is 9.38 Å². The van der Waals surface area contributed by atoms with Crippen LogP contribution >= 0.6 is 15.9 Å². The third-order valence-corrected chi connectivity index (χ3v) is 2.88. The molecule has 0 saturated carbocycles. The van der Waals surface area contributed by atoms with E-state index in [0.717, 1.165) is 21.4 Å². The molecule has 0 unspecified atom stereocenters. The molecule has 0 aliphatic rings. The van der Waals surface area contributed by atoms with Crippen LogP contribution in [-0.2, 0) is 0 Å². The van der Waals surface area contributed by atoms with Crippen LogP contribution in [0.1, 0.15) is 0 Å². The fourth-order valence-electron chi connectivity index (χ4n) is 1.67. The van der Waals surface area contributed by atoms with Crippen molar-refractivity contribution < 1.29 is 0 Å². The van der Waals surface area contributed by atoms with Crippen LogP contribution in [0, 0.1) is 0 Å². The Labute approximate surface area is 101 Å². The lowest BCUT2D eigenvalue weighted by Gasteiger charge is -2.01. The van der Waals surface area contributed by atoms with E-state index in [1.807, 2.05) is 47.3 Å². The SMILES string of the molecule is Brc1ccc2cnc(-c3cccnc3)n2c1. The van der Waals surface area contributed by atoms with E-state index in [0.29, 0.717) is 0 Å². The molecule has 78 valence electrons. The second-order valence-electron chi connectivity index (χ2n) is 3.47. The van der Waals surface area contributed by atoms with Crippen molar-refractivity contribution in [1.29, 1.82) is 0 Å². The van der Waals surface area contributed by atoms with Crippen LogP contribution in [-0.4, -0.2) is 14.4 Å². The summed E-state index contributed by atoms with van der Waals surface area (Å²) in [6.45, 7) is 0. The molecule has 0 atom stereocenters. The first kappa shape index (κ1) is 9.54. The minimum atomic E-state index is 0.907. The number of aromatic nitrogens is 3. The zero-order chi connectivity index (χ0) is 11.0. The fraction of sp³-hybridized carbons (Fsp3) is 0. The minimum Gasteiger partial charge on any atom is -0.299 e. The largest absolute Gasteiger partial charge is 0.299 e. The summed E-state index contributed by atoms with van der Waals surface area (Å²) >= 11 is 3.46. The average Bonchev–Trinajstić information content (AvgIpc) is 2.73. The van der Waals surface area contributed by atoms with Crippen molar-refractivity contribution >= 4 is 21.4 Å². The fourth-order valence-corrected chi connectivity index (χ4v) is 2.01. The van der Waals surface area contributed by atoms with Gasteiger partial charge >= 0.3 is 0 Å². The summed E-state index contributed by atoms with van der Waals surface area (Å²) in [5.74, 6) is 0.907. The first-order valence-electron chi connectivity index (χ1n) is 4.87. The summed E-state index contributed by atoms with van der Waals surface area (Å²) in [5, 5.41) is 0. The molecule has 0 saturated heterocycles. The van der Waals surface area contributed by atoms with Crippen LogP contribution in [0.2, 0.25) is 0 Å². The Morgan fingerprint density at radius 2 is 2.06 bits per heavy atom. The van der Waals surface area contributed by atoms with Crippen LogP contribution in [0.4, 0.5) is 0 Å². The smallest absolute Gasteiger partial charge is 0.146 e. The molecule has 16 heavy (non-hydrogen) atoms. The zero-order valence-corrected chi connectivity index (χ0v) is 9.92. The van der Waals surface area contributed by atoms with Crippen molar-refractivity contribution in [2.45, 2.75) is 0 Å². The van der Waals surface area contributed by atoms with Gasteiger partial charge in [0.2, 0.25) is 0 Å². The molecule has 3 aromatic rings. The molecule has 3 aromatic heterocycles. The van der Waals surface area contributed by atoms with E-state index in [2.05, 4.69) is 25.9 Å². The third kappa shape index (κ3) is 1.51. The van der Waals surface area contributed by atoms with Crippen molar-refractivity contribution in [2.24, 2.45) is 0 Å². The number of nitrogens with zero attached hydrogens (tertiary/aromatic N) is 3. The quantitative estimate of drug-likeness (QED) is 0.682. The van der Waals surface area contributed by atoms with Crippen molar-refractivity contribution in [1.82, 2.24) is 14.4 Å². The van der Waals surface area contributed by atoms with Gasteiger partial charge in [0.1, 0.15) is 5.82 Å². The van der Waals surface area contributed by atoms with E-state index < -0.39 is 0 Å². The Morgan fingerprint density at radius 3 is 2.88 bits per heavy atom. The van der Waals surface area contributed by atoms with Gasteiger partial charge < -0.3 is 0 Å². The highest BCUT2D eigenvalue weighted by Gasteiger charge is 2.05. The summed E-state index contributed by atoms with van der Waals surface area (Å²) in [6, 6.07) is 7.94. The first-order valence-corrected chi connectivity index (χ1v) is 5.67. The zero-order valence-electron chi connectivity index (χ0n) is 8.34. The van der Waals surface area contributed by atoms with E-state index in [-0.39, 0.29) is 0 Å². The number of rotatable bonds is 1. The maximum absolute atomic E-state index is 4.41. The maximum Gasteiger partial charge on any atom is 0.146 e. The predicted molar refractivity (Wildman–Crippen MR) is 66.1 cm³/mol. The Balaban J connectivity index is 2.29. The standard InChI is InChI=1S/C12H8BrN3/c13-10-3-4-11-7-15-12(16(11)8-10)9-2-1-5-14-6-9/h1-8H. The van der Waals surface area contributed by atoms with Gasteiger partial charge in [0, 0.05) is 28.6 Å². The highest BCUT2D eigenvalue weighted by Crippen LogP contribution is 2.20. The Morgan fingerprint density at radius 1 is 1.12 bits per heavy atom. The second kappa shape index (κ2) is 3.72. The van der Waals surface area contributed by atoms with Gasteiger partial charge in [-0.25, -0.2) is 4.98 Å². The molecule has 0 N–H and O–H groups in total. The second-order valence-corrected chi connectivity index (χ2v) is 4.38. The molecule has 0 bridgehead atoms. The van der Waals surface area contributed by atoms with Crippen molar-refractivity contribution in [3.8, 4) is 11.4 Å². The van der Waals surface area contributed by atoms with Gasteiger partial charge in [-0.05, 0) is 40.2 Å². The molecule has 0 aromatic carbocycles. The molecule has 0 fully saturated rings. The molecule has 3 heterocycles. The van der Waals surface area contributed by atoms with Crippen LogP contribution in [0.15, 0.2) is 53.5 Å². The third-order valence-electron chi connectivity index (χ3n) is 2.41. The number of halogens is 1. The molecule has 3 nitrogen and oxygen atoms in total. The average molecular weight is 274 g/mol.